The lowest BCUT2D eigenvalue weighted by Gasteiger charge is -2.15. The van der Waals surface area contributed by atoms with Gasteiger partial charge in [0, 0.05) is 12.1 Å². The molecule has 0 fully saturated rings. The summed E-state index contributed by atoms with van der Waals surface area (Å²) >= 11 is 5.90. The SMILES string of the molecule is CCC(Cc1cc(Cl)c([N+](=O)[O-])cc1C)NC. The van der Waals surface area contributed by atoms with Gasteiger partial charge in [0.2, 0.25) is 0 Å². The van der Waals surface area contributed by atoms with Crippen LogP contribution in [0.1, 0.15) is 24.5 Å². The van der Waals surface area contributed by atoms with Crippen molar-refractivity contribution in [3.05, 3.63) is 38.4 Å². The van der Waals surface area contributed by atoms with Crippen molar-refractivity contribution < 1.29 is 4.92 Å². The first kappa shape index (κ1) is 13.9. The highest BCUT2D eigenvalue weighted by atomic mass is 35.5. The van der Waals surface area contributed by atoms with E-state index in [1.807, 2.05) is 14.0 Å². The normalized spacial score (nSPS) is 12.5. The fourth-order valence-electron chi connectivity index (χ4n) is 1.78. The fourth-order valence-corrected chi connectivity index (χ4v) is 2.04. The third-order valence-corrected chi connectivity index (χ3v) is 3.27. The molecule has 0 aliphatic carbocycles. The number of hydrogen-bond donors (Lipinski definition) is 1. The molecule has 1 aromatic rings. The van der Waals surface area contributed by atoms with Gasteiger partial charge < -0.3 is 5.32 Å². The van der Waals surface area contributed by atoms with E-state index in [2.05, 4.69) is 12.2 Å². The second kappa shape index (κ2) is 5.98. The second-order valence-corrected chi connectivity index (χ2v) is 4.49. The van der Waals surface area contributed by atoms with Gasteiger partial charge in [-0.3, -0.25) is 10.1 Å². The first-order valence-electron chi connectivity index (χ1n) is 5.60. The van der Waals surface area contributed by atoms with Gasteiger partial charge in [-0.2, -0.15) is 0 Å². The lowest BCUT2D eigenvalue weighted by Crippen LogP contribution is -2.26. The maximum atomic E-state index is 10.7. The molecule has 0 aromatic heterocycles. The van der Waals surface area contributed by atoms with Crippen LogP contribution in [-0.2, 0) is 6.42 Å². The Morgan fingerprint density at radius 2 is 2.18 bits per heavy atom. The predicted octanol–water partition coefficient (Wildman–Crippen LogP) is 3.10. The van der Waals surface area contributed by atoms with Crippen LogP contribution in [0.5, 0.6) is 0 Å². The maximum Gasteiger partial charge on any atom is 0.288 e. The van der Waals surface area contributed by atoms with Crippen molar-refractivity contribution >= 4 is 17.3 Å². The summed E-state index contributed by atoms with van der Waals surface area (Å²) in [5, 5.41) is 14.1. The van der Waals surface area contributed by atoms with Crippen molar-refractivity contribution in [2.45, 2.75) is 32.7 Å². The maximum absolute atomic E-state index is 10.7. The molecule has 0 spiro atoms. The minimum atomic E-state index is -0.450. The van der Waals surface area contributed by atoms with Gasteiger partial charge in [-0.15, -0.1) is 0 Å². The molecule has 1 atom stereocenters. The van der Waals surface area contributed by atoms with Crippen molar-refractivity contribution in [1.29, 1.82) is 0 Å². The molecule has 17 heavy (non-hydrogen) atoms. The molecule has 0 amide bonds. The lowest BCUT2D eigenvalue weighted by atomic mass is 9.99. The van der Waals surface area contributed by atoms with E-state index in [1.54, 1.807) is 12.1 Å². The number of halogens is 1. The van der Waals surface area contributed by atoms with Gasteiger partial charge in [0.1, 0.15) is 5.02 Å². The second-order valence-electron chi connectivity index (χ2n) is 4.09. The summed E-state index contributed by atoms with van der Waals surface area (Å²) in [6.07, 6.45) is 1.83. The van der Waals surface area contributed by atoms with Gasteiger partial charge in [-0.05, 0) is 44.0 Å². The number of nitrogens with one attached hydrogen (secondary N) is 1. The zero-order chi connectivity index (χ0) is 13.0. The third kappa shape index (κ3) is 3.41. The number of benzene rings is 1. The molecule has 1 aromatic carbocycles. The van der Waals surface area contributed by atoms with Crippen LogP contribution in [0.4, 0.5) is 5.69 Å². The van der Waals surface area contributed by atoms with Gasteiger partial charge in [-0.1, -0.05) is 18.5 Å². The van der Waals surface area contributed by atoms with E-state index in [0.29, 0.717) is 6.04 Å². The summed E-state index contributed by atoms with van der Waals surface area (Å²) in [5.74, 6) is 0. The van der Waals surface area contributed by atoms with Gasteiger partial charge in [0.05, 0.1) is 4.92 Å². The standard InChI is InChI=1S/C12H17ClN2O2/c1-4-10(14-3)6-9-7-11(13)12(15(16)17)5-8(9)2/h5,7,10,14H,4,6H2,1-3H3. The summed E-state index contributed by atoms with van der Waals surface area (Å²) in [6, 6.07) is 3.61. The number of nitro benzene ring substituents is 1. The summed E-state index contributed by atoms with van der Waals surface area (Å²) in [5.41, 5.74) is 1.95. The molecule has 1 rings (SSSR count). The van der Waals surface area contributed by atoms with Crippen molar-refractivity contribution in [3.63, 3.8) is 0 Å². The van der Waals surface area contributed by atoms with Crippen molar-refractivity contribution in [3.8, 4) is 0 Å². The van der Waals surface area contributed by atoms with E-state index >= 15 is 0 Å². The summed E-state index contributed by atoms with van der Waals surface area (Å²) in [4.78, 5) is 10.3. The van der Waals surface area contributed by atoms with E-state index in [4.69, 9.17) is 11.6 Å². The van der Waals surface area contributed by atoms with Crippen LogP contribution in [0.15, 0.2) is 12.1 Å². The van der Waals surface area contributed by atoms with Crippen LogP contribution in [0, 0.1) is 17.0 Å². The zero-order valence-electron chi connectivity index (χ0n) is 10.3. The smallest absolute Gasteiger partial charge is 0.288 e. The van der Waals surface area contributed by atoms with E-state index in [-0.39, 0.29) is 10.7 Å². The molecule has 0 saturated carbocycles. The van der Waals surface area contributed by atoms with E-state index in [9.17, 15) is 10.1 Å². The van der Waals surface area contributed by atoms with Crippen LogP contribution < -0.4 is 5.32 Å². The van der Waals surface area contributed by atoms with Crippen LogP contribution >= 0.6 is 11.6 Å². The largest absolute Gasteiger partial charge is 0.317 e. The molecular formula is C12H17ClN2O2. The Bertz CT molecular complexity index is 417. The molecule has 1 N–H and O–H groups in total. The molecule has 1 unspecified atom stereocenters. The highest BCUT2D eigenvalue weighted by molar-refractivity contribution is 6.32. The first-order valence-corrected chi connectivity index (χ1v) is 5.98. The number of aryl methyl sites for hydroxylation is 1. The van der Waals surface area contributed by atoms with Crippen LogP contribution in [-0.4, -0.2) is 18.0 Å². The van der Waals surface area contributed by atoms with Crippen molar-refractivity contribution in [1.82, 2.24) is 5.32 Å². The monoisotopic (exact) mass is 256 g/mol. The van der Waals surface area contributed by atoms with Crippen LogP contribution in [0.3, 0.4) is 0 Å². The average Bonchev–Trinajstić information content (AvgIpc) is 2.29. The average molecular weight is 257 g/mol. The van der Waals surface area contributed by atoms with Gasteiger partial charge in [-0.25, -0.2) is 0 Å². The van der Waals surface area contributed by atoms with Crippen molar-refractivity contribution in [2.75, 3.05) is 7.05 Å². The highest BCUT2D eigenvalue weighted by Crippen LogP contribution is 2.28. The third-order valence-electron chi connectivity index (χ3n) is 2.97. The zero-order valence-corrected chi connectivity index (χ0v) is 11.0. The molecule has 0 saturated heterocycles. The quantitative estimate of drug-likeness (QED) is 0.651. The predicted molar refractivity (Wildman–Crippen MR) is 69.7 cm³/mol. The summed E-state index contributed by atoms with van der Waals surface area (Å²) in [6.45, 7) is 3.98. The van der Waals surface area contributed by atoms with Gasteiger partial charge >= 0.3 is 0 Å². The Morgan fingerprint density at radius 3 is 2.65 bits per heavy atom. The van der Waals surface area contributed by atoms with E-state index in [0.717, 1.165) is 24.0 Å². The molecule has 0 bridgehead atoms. The molecular weight excluding hydrogens is 240 g/mol. The van der Waals surface area contributed by atoms with Crippen LogP contribution in [0.2, 0.25) is 5.02 Å². The topological polar surface area (TPSA) is 55.2 Å². The molecule has 0 aliphatic heterocycles. The number of rotatable bonds is 5. The molecule has 94 valence electrons. The molecule has 4 nitrogen and oxygen atoms in total. The Labute approximate surface area is 106 Å². The highest BCUT2D eigenvalue weighted by Gasteiger charge is 2.16. The van der Waals surface area contributed by atoms with Crippen LogP contribution in [0.25, 0.3) is 0 Å². The number of likely N-dealkylation sites (N-methyl/N-ethyl adjacent to an activating group) is 1. The lowest BCUT2D eigenvalue weighted by molar-refractivity contribution is -0.384. The molecule has 0 radical (unpaired) electrons. The van der Waals surface area contributed by atoms with E-state index in [1.165, 1.54) is 0 Å². The minimum Gasteiger partial charge on any atom is -0.317 e. The Morgan fingerprint density at radius 1 is 1.53 bits per heavy atom. The van der Waals surface area contributed by atoms with Gasteiger partial charge in [0.25, 0.3) is 5.69 Å². The molecule has 5 heteroatoms. The number of hydrogen-bond acceptors (Lipinski definition) is 3. The first-order chi connectivity index (χ1) is 7.99. The Kier molecular flexibility index (Phi) is 4.90. The van der Waals surface area contributed by atoms with Gasteiger partial charge in [0.15, 0.2) is 0 Å². The van der Waals surface area contributed by atoms with E-state index < -0.39 is 4.92 Å². The Hall–Kier alpha value is -1.13. The molecule has 0 heterocycles. The molecule has 0 aliphatic rings. The Balaban J connectivity index is 3.03. The number of nitro groups is 1. The minimum absolute atomic E-state index is 0.0228. The number of nitrogens with zero attached hydrogens (tertiary/aromatic N) is 1. The fraction of sp³-hybridized carbons (Fsp3) is 0.500. The van der Waals surface area contributed by atoms with Crippen molar-refractivity contribution in [2.24, 2.45) is 0 Å². The summed E-state index contributed by atoms with van der Waals surface area (Å²) in [7, 11) is 1.91. The summed E-state index contributed by atoms with van der Waals surface area (Å²) < 4.78 is 0.